The fourth-order valence-corrected chi connectivity index (χ4v) is 5.21. The number of alkyl carbamates (subject to hydrolysis) is 1. The average molecular weight is 436 g/mol. The predicted molar refractivity (Wildman–Crippen MR) is 130 cm³/mol. The van der Waals surface area contributed by atoms with Gasteiger partial charge in [0.25, 0.3) is 0 Å². The molecule has 172 valence electrons. The minimum absolute atomic E-state index is 0.310. The van der Waals surface area contributed by atoms with E-state index < -0.39 is 0 Å². The number of rotatable bonds is 8. The lowest BCUT2D eigenvalue weighted by atomic mass is 9.91. The van der Waals surface area contributed by atoms with E-state index in [1.165, 1.54) is 29.8 Å². The van der Waals surface area contributed by atoms with Gasteiger partial charge in [0.2, 0.25) is 0 Å². The van der Waals surface area contributed by atoms with Crippen molar-refractivity contribution >= 4 is 11.8 Å². The first kappa shape index (κ1) is 22.7. The van der Waals surface area contributed by atoms with Crippen molar-refractivity contribution in [2.24, 2.45) is 5.92 Å². The molecule has 0 spiro atoms. The van der Waals surface area contributed by atoms with E-state index in [9.17, 15) is 4.79 Å². The number of hydrogen-bond acceptors (Lipinski definition) is 4. The second kappa shape index (κ2) is 10.9. The van der Waals surface area contributed by atoms with E-state index in [1.807, 2.05) is 30.3 Å². The number of nitrogens with zero attached hydrogens (tertiary/aromatic N) is 2. The maximum Gasteiger partial charge on any atom is 0.407 e. The Labute approximate surface area is 192 Å². The van der Waals surface area contributed by atoms with Crippen LogP contribution in [0.2, 0.25) is 0 Å². The molecule has 1 heterocycles. The summed E-state index contributed by atoms with van der Waals surface area (Å²) in [5.74, 6) is 1.10. The van der Waals surface area contributed by atoms with Crippen molar-refractivity contribution < 1.29 is 9.53 Å². The van der Waals surface area contributed by atoms with Crippen LogP contribution in [0, 0.1) is 5.92 Å². The molecule has 1 saturated heterocycles. The first-order valence-corrected chi connectivity index (χ1v) is 12.2. The third-order valence-corrected chi connectivity index (χ3v) is 6.97. The smallest absolute Gasteiger partial charge is 0.407 e. The van der Waals surface area contributed by atoms with E-state index in [1.54, 1.807) is 0 Å². The predicted octanol–water partition coefficient (Wildman–Crippen LogP) is 4.81. The van der Waals surface area contributed by atoms with Gasteiger partial charge in [-0.3, -0.25) is 4.90 Å². The standard InChI is InChI=1S/C27H37N3O2/c1-3-13-29-14-16-30(17-15-29)24-9-10-26-23(19-24)18-21(2)25(26)11-12-28-27(31)32-20-22-7-5-4-6-8-22/h4-10,19,21,25H,3,11-18,20H2,1-2H3,(H,28,31)/t21-,25-/m1/s1. The highest BCUT2D eigenvalue weighted by atomic mass is 16.5. The molecule has 0 radical (unpaired) electrons. The maximum atomic E-state index is 12.1. The Hall–Kier alpha value is -2.53. The van der Waals surface area contributed by atoms with E-state index in [-0.39, 0.29) is 6.09 Å². The van der Waals surface area contributed by atoms with Gasteiger partial charge in [-0.1, -0.05) is 50.2 Å². The van der Waals surface area contributed by atoms with E-state index in [2.05, 4.69) is 47.2 Å². The lowest BCUT2D eigenvalue weighted by Crippen LogP contribution is -2.46. The van der Waals surface area contributed by atoms with Gasteiger partial charge in [-0.2, -0.15) is 0 Å². The summed E-state index contributed by atoms with van der Waals surface area (Å²) in [6.07, 6.45) is 2.97. The van der Waals surface area contributed by atoms with Gasteiger partial charge >= 0.3 is 6.09 Å². The van der Waals surface area contributed by atoms with Gasteiger partial charge in [0.1, 0.15) is 6.61 Å². The van der Waals surface area contributed by atoms with Crippen LogP contribution >= 0.6 is 0 Å². The molecular formula is C27H37N3O2. The molecule has 0 unspecified atom stereocenters. The topological polar surface area (TPSA) is 44.8 Å². The van der Waals surface area contributed by atoms with Crippen LogP contribution in [-0.2, 0) is 17.8 Å². The summed E-state index contributed by atoms with van der Waals surface area (Å²) in [7, 11) is 0. The van der Waals surface area contributed by atoms with Crippen molar-refractivity contribution in [3.8, 4) is 0 Å². The molecule has 1 aliphatic carbocycles. The van der Waals surface area contributed by atoms with E-state index in [4.69, 9.17) is 4.74 Å². The van der Waals surface area contributed by atoms with Crippen molar-refractivity contribution in [3.05, 3.63) is 65.2 Å². The summed E-state index contributed by atoms with van der Waals surface area (Å²) in [5, 5.41) is 2.93. The fourth-order valence-electron chi connectivity index (χ4n) is 5.21. The van der Waals surface area contributed by atoms with Gasteiger partial charge in [0, 0.05) is 38.4 Å². The number of amides is 1. The molecule has 1 N–H and O–H groups in total. The van der Waals surface area contributed by atoms with E-state index in [0.29, 0.717) is 25.0 Å². The van der Waals surface area contributed by atoms with Gasteiger partial charge in [-0.05, 0) is 66.5 Å². The third kappa shape index (κ3) is 5.63. The van der Waals surface area contributed by atoms with Crippen molar-refractivity contribution in [3.63, 3.8) is 0 Å². The number of carbonyl (C=O) groups is 1. The zero-order valence-corrected chi connectivity index (χ0v) is 19.6. The molecule has 2 aromatic carbocycles. The lowest BCUT2D eigenvalue weighted by molar-refractivity contribution is 0.139. The Morgan fingerprint density at radius 2 is 1.88 bits per heavy atom. The molecule has 2 atom stereocenters. The first-order valence-electron chi connectivity index (χ1n) is 12.2. The largest absolute Gasteiger partial charge is 0.445 e. The van der Waals surface area contributed by atoms with Gasteiger partial charge in [-0.25, -0.2) is 4.79 Å². The normalized spacial score (nSPS) is 20.8. The maximum absolute atomic E-state index is 12.1. The number of nitrogens with one attached hydrogen (secondary N) is 1. The quantitative estimate of drug-likeness (QED) is 0.646. The molecule has 0 saturated carbocycles. The molecule has 0 bridgehead atoms. The molecule has 32 heavy (non-hydrogen) atoms. The zero-order chi connectivity index (χ0) is 22.3. The molecule has 4 rings (SSSR count). The zero-order valence-electron chi connectivity index (χ0n) is 19.6. The van der Waals surface area contributed by atoms with Gasteiger partial charge in [-0.15, -0.1) is 0 Å². The lowest BCUT2D eigenvalue weighted by Gasteiger charge is -2.36. The molecule has 5 heteroatoms. The SMILES string of the molecule is CCCN1CCN(c2ccc3c(c2)C[C@@H](C)[C@H]3CCNC(=O)OCc2ccccc2)CC1. The molecular weight excluding hydrogens is 398 g/mol. The molecule has 1 aliphatic heterocycles. The Balaban J connectivity index is 1.26. The van der Waals surface area contributed by atoms with Crippen LogP contribution in [0.15, 0.2) is 48.5 Å². The summed E-state index contributed by atoms with van der Waals surface area (Å²) >= 11 is 0. The van der Waals surface area contributed by atoms with Crippen LogP contribution in [0.5, 0.6) is 0 Å². The highest BCUT2D eigenvalue weighted by Gasteiger charge is 2.30. The second-order valence-corrected chi connectivity index (χ2v) is 9.28. The number of carbonyl (C=O) groups excluding carboxylic acids is 1. The Morgan fingerprint density at radius 3 is 2.62 bits per heavy atom. The second-order valence-electron chi connectivity index (χ2n) is 9.28. The highest BCUT2D eigenvalue weighted by Crippen LogP contribution is 2.41. The monoisotopic (exact) mass is 435 g/mol. The minimum atomic E-state index is -0.336. The average Bonchev–Trinajstić information content (AvgIpc) is 3.13. The number of piperazine rings is 1. The fraction of sp³-hybridized carbons (Fsp3) is 0.519. The van der Waals surface area contributed by atoms with Crippen LogP contribution in [0.4, 0.5) is 10.5 Å². The van der Waals surface area contributed by atoms with Crippen LogP contribution in [-0.4, -0.2) is 50.3 Å². The number of benzene rings is 2. The van der Waals surface area contributed by atoms with Crippen molar-refractivity contribution in [2.45, 2.75) is 45.6 Å². The van der Waals surface area contributed by atoms with Gasteiger partial charge in [0.05, 0.1) is 0 Å². The molecule has 0 aromatic heterocycles. The van der Waals surface area contributed by atoms with Gasteiger partial charge in [0.15, 0.2) is 0 Å². The number of ether oxygens (including phenoxy) is 1. The molecule has 1 fully saturated rings. The van der Waals surface area contributed by atoms with Crippen molar-refractivity contribution in [1.29, 1.82) is 0 Å². The third-order valence-electron chi connectivity index (χ3n) is 6.97. The Bertz CT molecular complexity index is 878. The summed E-state index contributed by atoms with van der Waals surface area (Å²) in [5.41, 5.74) is 5.33. The number of anilines is 1. The summed E-state index contributed by atoms with van der Waals surface area (Å²) < 4.78 is 5.34. The molecule has 5 nitrogen and oxygen atoms in total. The van der Waals surface area contributed by atoms with Crippen molar-refractivity contribution in [1.82, 2.24) is 10.2 Å². The number of fused-ring (bicyclic) bond motifs is 1. The summed E-state index contributed by atoms with van der Waals surface area (Å²) in [4.78, 5) is 17.2. The number of hydrogen-bond donors (Lipinski definition) is 1. The summed E-state index contributed by atoms with van der Waals surface area (Å²) in [6, 6.07) is 16.9. The van der Waals surface area contributed by atoms with Crippen LogP contribution in [0.25, 0.3) is 0 Å². The van der Waals surface area contributed by atoms with Crippen LogP contribution < -0.4 is 10.2 Å². The molecule has 1 amide bonds. The minimum Gasteiger partial charge on any atom is -0.445 e. The molecule has 2 aromatic rings. The summed E-state index contributed by atoms with van der Waals surface area (Å²) in [6.45, 7) is 11.3. The van der Waals surface area contributed by atoms with Gasteiger partial charge < -0.3 is 15.0 Å². The Morgan fingerprint density at radius 1 is 1.09 bits per heavy atom. The van der Waals surface area contributed by atoms with E-state index in [0.717, 1.165) is 44.6 Å². The highest BCUT2D eigenvalue weighted by molar-refractivity contribution is 5.67. The van der Waals surface area contributed by atoms with Crippen LogP contribution in [0.3, 0.4) is 0 Å². The first-order chi connectivity index (χ1) is 15.6. The molecule has 2 aliphatic rings. The Kier molecular flexibility index (Phi) is 7.69. The van der Waals surface area contributed by atoms with Crippen molar-refractivity contribution in [2.75, 3.05) is 44.2 Å². The van der Waals surface area contributed by atoms with E-state index >= 15 is 0 Å². The van der Waals surface area contributed by atoms with Crippen LogP contribution in [0.1, 0.15) is 49.3 Å².